The van der Waals surface area contributed by atoms with E-state index >= 15 is 0 Å². The summed E-state index contributed by atoms with van der Waals surface area (Å²) in [5.74, 6) is 0. The molecule has 0 fully saturated rings. The first kappa shape index (κ1) is 12.7. The van der Waals surface area contributed by atoms with Gasteiger partial charge >= 0.3 is 0 Å². The topological polar surface area (TPSA) is 9.23 Å². The molecule has 0 aromatic heterocycles. The second-order valence-corrected chi connectivity index (χ2v) is 3.85. The first-order valence-corrected chi connectivity index (χ1v) is 5.39. The third kappa shape index (κ3) is 8.04. The van der Waals surface area contributed by atoms with Crippen LogP contribution >= 0.6 is 0 Å². The van der Waals surface area contributed by atoms with Crippen LogP contribution in [0.3, 0.4) is 0 Å². The molecule has 0 aliphatic rings. The van der Waals surface area contributed by atoms with Crippen molar-refractivity contribution in [1.82, 2.24) is 0 Å². The fourth-order valence-corrected chi connectivity index (χ4v) is 1.09. The summed E-state index contributed by atoms with van der Waals surface area (Å²) >= 11 is 0. The largest absolute Gasteiger partial charge is 0.381 e. The van der Waals surface area contributed by atoms with Crippen LogP contribution in [0, 0.1) is 0 Å². The van der Waals surface area contributed by atoms with E-state index in [1.807, 2.05) is 0 Å². The van der Waals surface area contributed by atoms with Crippen molar-refractivity contribution in [3.8, 4) is 0 Å². The number of unbranched alkanes of at least 4 members (excludes halogenated alkanes) is 1. The molecule has 0 aliphatic carbocycles. The normalized spacial score (nSPS) is 10.2. The molecule has 0 radical (unpaired) electrons. The third-order valence-corrected chi connectivity index (χ3v) is 2.29. The monoisotopic (exact) mass is 184 g/mol. The van der Waals surface area contributed by atoms with E-state index in [0.717, 1.165) is 19.6 Å². The lowest BCUT2D eigenvalue weighted by molar-refractivity contribution is 0.131. The van der Waals surface area contributed by atoms with Crippen LogP contribution in [0.2, 0.25) is 0 Å². The zero-order valence-corrected chi connectivity index (χ0v) is 9.65. The highest BCUT2D eigenvalue weighted by molar-refractivity contribution is 5.06. The number of hydrogen-bond acceptors (Lipinski definition) is 1. The third-order valence-electron chi connectivity index (χ3n) is 2.29. The van der Waals surface area contributed by atoms with E-state index in [1.54, 1.807) is 0 Å². The Morgan fingerprint density at radius 2 is 1.69 bits per heavy atom. The van der Waals surface area contributed by atoms with Gasteiger partial charge in [-0.15, -0.1) is 0 Å². The van der Waals surface area contributed by atoms with E-state index in [2.05, 4.69) is 27.7 Å². The van der Waals surface area contributed by atoms with Crippen molar-refractivity contribution < 1.29 is 4.74 Å². The smallest absolute Gasteiger partial charge is 0.0466 e. The van der Waals surface area contributed by atoms with Crippen molar-refractivity contribution in [2.24, 2.45) is 0 Å². The maximum absolute atomic E-state index is 5.41. The van der Waals surface area contributed by atoms with Gasteiger partial charge in [-0.25, -0.2) is 0 Å². The molecule has 0 aliphatic heterocycles. The second-order valence-electron chi connectivity index (χ2n) is 3.85. The van der Waals surface area contributed by atoms with E-state index < -0.39 is 0 Å². The fourth-order valence-electron chi connectivity index (χ4n) is 1.09. The van der Waals surface area contributed by atoms with Gasteiger partial charge in [-0.2, -0.15) is 0 Å². The quantitative estimate of drug-likeness (QED) is 0.430. The Morgan fingerprint density at radius 1 is 1.00 bits per heavy atom. The van der Waals surface area contributed by atoms with E-state index in [0.29, 0.717) is 0 Å². The van der Waals surface area contributed by atoms with E-state index in [-0.39, 0.29) is 0 Å². The highest BCUT2D eigenvalue weighted by atomic mass is 16.5. The summed E-state index contributed by atoms with van der Waals surface area (Å²) in [6.45, 7) is 10.6. The average Bonchev–Trinajstić information content (AvgIpc) is 2.10. The average molecular weight is 184 g/mol. The Kier molecular flexibility index (Phi) is 8.11. The Bertz CT molecular complexity index is 143. The number of hydrogen-bond donors (Lipinski definition) is 0. The first-order valence-electron chi connectivity index (χ1n) is 5.39. The van der Waals surface area contributed by atoms with Gasteiger partial charge in [-0.3, -0.25) is 0 Å². The van der Waals surface area contributed by atoms with Crippen molar-refractivity contribution in [3.63, 3.8) is 0 Å². The molecular weight excluding hydrogens is 160 g/mol. The van der Waals surface area contributed by atoms with Crippen molar-refractivity contribution in [2.75, 3.05) is 13.2 Å². The second kappa shape index (κ2) is 8.31. The van der Waals surface area contributed by atoms with Gasteiger partial charge in [0, 0.05) is 13.2 Å². The van der Waals surface area contributed by atoms with E-state index in [4.69, 9.17) is 4.74 Å². The summed E-state index contributed by atoms with van der Waals surface area (Å²) in [5, 5.41) is 0. The van der Waals surface area contributed by atoms with E-state index in [1.165, 1.54) is 30.4 Å². The predicted octanol–water partition coefficient (Wildman–Crippen LogP) is 3.94. The molecule has 0 saturated heterocycles. The minimum atomic E-state index is 0.918. The minimum absolute atomic E-state index is 0.918. The molecule has 0 aromatic carbocycles. The van der Waals surface area contributed by atoms with Gasteiger partial charge in [0.05, 0.1) is 0 Å². The molecule has 0 unspecified atom stereocenters. The van der Waals surface area contributed by atoms with Crippen LogP contribution in [0.4, 0.5) is 0 Å². The molecule has 1 nitrogen and oxygen atoms in total. The number of allylic oxidation sites excluding steroid dienone is 2. The Hall–Kier alpha value is -0.300. The van der Waals surface area contributed by atoms with Gasteiger partial charge in [0.15, 0.2) is 0 Å². The summed E-state index contributed by atoms with van der Waals surface area (Å²) < 4.78 is 5.41. The first-order chi connectivity index (χ1) is 6.18. The Labute approximate surface area is 83.2 Å². The maximum atomic E-state index is 5.41. The van der Waals surface area contributed by atoms with E-state index in [9.17, 15) is 0 Å². The molecule has 0 atom stereocenters. The van der Waals surface area contributed by atoms with Crippen LogP contribution < -0.4 is 0 Å². The van der Waals surface area contributed by atoms with Crippen LogP contribution in [0.25, 0.3) is 0 Å². The van der Waals surface area contributed by atoms with Gasteiger partial charge < -0.3 is 4.74 Å². The SMILES string of the molecule is CCCOCCCCC(C)=C(C)C. The predicted molar refractivity (Wildman–Crippen MR) is 59.0 cm³/mol. The highest BCUT2D eigenvalue weighted by Crippen LogP contribution is 2.10. The van der Waals surface area contributed by atoms with Crippen molar-refractivity contribution in [1.29, 1.82) is 0 Å². The van der Waals surface area contributed by atoms with Crippen LogP contribution in [-0.4, -0.2) is 13.2 Å². The fraction of sp³-hybridized carbons (Fsp3) is 0.833. The molecule has 0 saturated carbocycles. The van der Waals surface area contributed by atoms with Gasteiger partial charge in [-0.1, -0.05) is 18.1 Å². The maximum Gasteiger partial charge on any atom is 0.0466 e. The highest BCUT2D eigenvalue weighted by Gasteiger charge is 1.93. The summed E-state index contributed by atoms with van der Waals surface area (Å²) in [6, 6.07) is 0. The Balaban J connectivity index is 3.22. The molecule has 0 aromatic rings. The van der Waals surface area contributed by atoms with Crippen LogP contribution in [0.5, 0.6) is 0 Å². The summed E-state index contributed by atoms with van der Waals surface area (Å²) in [6.07, 6.45) is 4.83. The Morgan fingerprint density at radius 3 is 2.23 bits per heavy atom. The molecule has 0 bridgehead atoms. The molecule has 0 amide bonds. The summed E-state index contributed by atoms with van der Waals surface area (Å²) in [7, 11) is 0. The molecule has 78 valence electrons. The lowest BCUT2D eigenvalue weighted by Crippen LogP contribution is -1.95. The van der Waals surface area contributed by atoms with Gasteiger partial charge in [-0.05, 0) is 46.5 Å². The molecule has 13 heavy (non-hydrogen) atoms. The summed E-state index contributed by atoms with van der Waals surface area (Å²) in [4.78, 5) is 0. The molecule has 1 heteroatoms. The lowest BCUT2D eigenvalue weighted by atomic mass is 10.1. The van der Waals surface area contributed by atoms with Crippen molar-refractivity contribution in [3.05, 3.63) is 11.1 Å². The lowest BCUT2D eigenvalue weighted by Gasteiger charge is -2.04. The van der Waals surface area contributed by atoms with Gasteiger partial charge in [0.25, 0.3) is 0 Å². The molecule has 0 rings (SSSR count). The summed E-state index contributed by atoms with van der Waals surface area (Å²) in [5.41, 5.74) is 3.00. The zero-order chi connectivity index (χ0) is 10.1. The minimum Gasteiger partial charge on any atom is -0.381 e. The molecule has 0 heterocycles. The van der Waals surface area contributed by atoms with Crippen LogP contribution in [-0.2, 0) is 4.74 Å². The molecule has 0 N–H and O–H groups in total. The van der Waals surface area contributed by atoms with Gasteiger partial charge in [0.1, 0.15) is 0 Å². The van der Waals surface area contributed by atoms with Crippen molar-refractivity contribution in [2.45, 2.75) is 53.4 Å². The van der Waals surface area contributed by atoms with Crippen LogP contribution in [0.1, 0.15) is 53.4 Å². The van der Waals surface area contributed by atoms with Crippen LogP contribution in [0.15, 0.2) is 11.1 Å². The standard InChI is InChI=1S/C12H24O/c1-5-9-13-10-7-6-8-12(4)11(2)3/h5-10H2,1-4H3. The molecule has 0 spiro atoms. The van der Waals surface area contributed by atoms with Gasteiger partial charge in [0.2, 0.25) is 0 Å². The zero-order valence-electron chi connectivity index (χ0n) is 9.65. The number of ether oxygens (including phenoxy) is 1. The molecular formula is C12H24O. The number of rotatable bonds is 7. The van der Waals surface area contributed by atoms with Crippen molar-refractivity contribution >= 4 is 0 Å².